The smallest absolute Gasteiger partial charge is 0.270 e. The fourth-order valence-electron chi connectivity index (χ4n) is 1.07. The summed E-state index contributed by atoms with van der Waals surface area (Å²) in [5, 5.41) is 13.3. The van der Waals surface area contributed by atoms with Gasteiger partial charge in [0.1, 0.15) is 12.0 Å². The second-order valence-corrected chi connectivity index (χ2v) is 2.66. The van der Waals surface area contributed by atoms with Crippen LogP contribution in [-0.2, 0) is 4.79 Å². The zero-order valence-electron chi connectivity index (χ0n) is 8.30. The molecule has 0 spiro atoms. The normalized spacial score (nSPS) is 10.2. The fraction of sp³-hybridized carbons (Fsp3) is 0.200. The number of oxime groups is 1. The number of carbonyl (C=O) groups excluding carboxylic acids is 1. The maximum atomic E-state index is 11.1. The first-order chi connectivity index (χ1) is 7.27. The molecular formula is C10H12N2O3. The highest BCUT2D eigenvalue weighted by molar-refractivity contribution is 6.31. The molecule has 0 aliphatic carbocycles. The summed E-state index contributed by atoms with van der Waals surface area (Å²) in [7, 11) is 0. The monoisotopic (exact) mass is 208 g/mol. The van der Waals surface area contributed by atoms with Gasteiger partial charge in [-0.2, -0.15) is 0 Å². The molecule has 1 amide bonds. The van der Waals surface area contributed by atoms with Crippen LogP contribution in [0.5, 0.6) is 5.75 Å². The van der Waals surface area contributed by atoms with Crippen LogP contribution < -0.4 is 10.1 Å². The van der Waals surface area contributed by atoms with Crippen LogP contribution in [0.2, 0.25) is 0 Å². The molecule has 1 aromatic rings. The standard InChI is InChI=1S/C10H12N2O3/c1-2-15-9-6-4-3-5-8(9)12-10(13)7-11-14/h3-7,14H,2H2,1H3,(H,12,13). The molecule has 0 fully saturated rings. The van der Waals surface area contributed by atoms with Crippen LogP contribution in [-0.4, -0.2) is 23.9 Å². The van der Waals surface area contributed by atoms with Crippen molar-refractivity contribution in [2.45, 2.75) is 6.92 Å². The molecule has 80 valence electrons. The topological polar surface area (TPSA) is 70.9 Å². The quantitative estimate of drug-likeness (QED) is 0.447. The molecule has 0 aliphatic rings. The Kier molecular flexibility index (Phi) is 4.15. The third-order valence-corrected chi connectivity index (χ3v) is 1.62. The van der Waals surface area contributed by atoms with Crippen molar-refractivity contribution in [3.05, 3.63) is 24.3 Å². The van der Waals surface area contributed by atoms with E-state index in [9.17, 15) is 4.79 Å². The van der Waals surface area contributed by atoms with Crippen molar-refractivity contribution >= 4 is 17.8 Å². The number of para-hydroxylation sites is 2. The molecule has 0 saturated carbocycles. The predicted molar refractivity (Wildman–Crippen MR) is 56.5 cm³/mol. The summed E-state index contributed by atoms with van der Waals surface area (Å²) >= 11 is 0. The summed E-state index contributed by atoms with van der Waals surface area (Å²) in [5.74, 6) is 0.0735. The van der Waals surface area contributed by atoms with E-state index in [-0.39, 0.29) is 0 Å². The van der Waals surface area contributed by atoms with E-state index in [1.165, 1.54) is 0 Å². The van der Waals surface area contributed by atoms with E-state index in [4.69, 9.17) is 9.94 Å². The predicted octanol–water partition coefficient (Wildman–Crippen LogP) is 1.48. The van der Waals surface area contributed by atoms with Gasteiger partial charge in [-0.3, -0.25) is 4.79 Å². The number of ether oxygens (including phenoxy) is 1. The number of hydrogen-bond donors (Lipinski definition) is 2. The van der Waals surface area contributed by atoms with Crippen LogP contribution in [0.3, 0.4) is 0 Å². The zero-order chi connectivity index (χ0) is 11.1. The highest BCUT2D eigenvalue weighted by atomic mass is 16.5. The van der Waals surface area contributed by atoms with Crippen LogP contribution in [0.1, 0.15) is 6.92 Å². The van der Waals surface area contributed by atoms with Gasteiger partial charge in [0.05, 0.1) is 12.3 Å². The number of nitrogens with zero attached hydrogens (tertiary/aromatic N) is 1. The molecule has 15 heavy (non-hydrogen) atoms. The van der Waals surface area contributed by atoms with Gasteiger partial charge in [-0.25, -0.2) is 0 Å². The lowest BCUT2D eigenvalue weighted by Gasteiger charge is -2.09. The molecule has 5 heteroatoms. The summed E-state index contributed by atoms with van der Waals surface area (Å²) in [5.41, 5.74) is 0.546. The van der Waals surface area contributed by atoms with Crippen molar-refractivity contribution in [1.29, 1.82) is 0 Å². The number of carbonyl (C=O) groups is 1. The van der Waals surface area contributed by atoms with Crippen molar-refractivity contribution in [3.63, 3.8) is 0 Å². The molecule has 1 rings (SSSR count). The largest absolute Gasteiger partial charge is 0.492 e. The van der Waals surface area contributed by atoms with Crippen LogP contribution in [0, 0.1) is 0 Å². The molecule has 0 atom stereocenters. The van der Waals surface area contributed by atoms with E-state index in [1.807, 2.05) is 6.92 Å². The van der Waals surface area contributed by atoms with Gasteiger partial charge in [0.15, 0.2) is 0 Å². The summed E-state index contributed by atoms with van der Waals surface area (Å²) in [6.07, 6.45) is 0.780. The maximum Gasteiger partial charge on any atom is 0.270 e. The molecule has 0 aromatic heterocycles. The molecule has 0 bridgehead atoms. The van der Waals surface area contributed by atoms with Gasteiger partial charge >= 0.3 is 0 Å². The number of amides is 1. The van der Waals surface area contributed by atoms with E-state index in [2.05, 4.69) is 10.5 Å². The molecule has 0 aliphatic heterocycles. The number of nitrogens with one attached hydrogen (secondary N) is 1. The number of anilines is 1. The van der Waals surface area contributed by atoms with Gasteiger partial charge in [-0.1, -0.05) is 17.3 Å². The van der Waals surface area contributed by atoms with E-state index in [0.29, 0.717) is 18.0 Å². The van der Waals surface area contributed by atoms with Crippen LogP contribution in [0.25, 0.3) is 0 Å². The van der Waals surface area contributed by atoms with Gasteiger partial charge in [-0.05, 0) is 19.1 Å². The van der Waals surface area contributed by atoms with Crippen molar-refractivity contribution in [1.82, 2.24) is 0 Å². The molecule has 0 heterocycles. The van der Waals surface area contributed by atoms with Crippen molar-refractivity contribution < 1.29 is 14.7 Å². The molecule has 0 saturated heterocycles. The highest BCUT2D eigenvalue weighted by Crippen LogP contribution is 2.23. The Hall–Kier alpha value is -2.04. The Labute approximate surface area is 87.4 Å². The van der Waals surface area contributed by atoms with Crippen LogP contribution in [0.4, 0.5) is 5.69 Å². The Bertz CT molecular complexity index is 363. The summed E-state index contributed by atoms with van der Waals surface area (Å²) in [6.45, 7) is 2.37. The minimum absolute atomic E-state index is 0.510. The van der Waals surface area contributed by atoms with Crippen molar-refractivity contribution in [2.24, 2.45) is 5.16 Å². The molecule has 1 aromatic carbocycles. The number of hydrogen-bond acceptors (Lipinski definition) is 4. The third-order valence-electron chi connectivity index (χ3n) is 1.62. The SMILES string of the molecule is CCOc1ccccc1NC(=O)C=NO. The van der Waals surface area contributed by atoms with Gasteiger partial charge in [0.25, 0.3) is 5.91 Å². The molecule has 0 radical (unpaired) electrons. The Morgan fingerprint density at radius 1 is 1.60 bits per heavy atom. The van der Waals surface area contributed by atoms with Gasteiger partial charge in [-0.15, -0.1) is 0 Å². The Morgan fingerprint density at radius 2 is 2.33 bits per heavy atom. The van der Waals surface area contributed by atoms with E-state index < -0.39 is 5.91 Å². The molecular weight excluding hydrogens is 196 g/mol. The van der Waals surface area contributed by atoms with Gasteiger partial charge in [0.2, 0.25) is 0 Å². The molecule has 0 unspecified atom stereocenters. The lowest BCUT2D eigenvalue weighted by Crippen LogP contribution is -2.13. The Morgan fingerprint density at radius 3 is 3.00 bits per heavy atom. The van der Waals surface area contributed by atoms with Crippen molar-refractivity contribution in [2.75, 3.05) is 11.9 Å². The average molecular weight is 208 g/mol. The molecule has 2 N–H and O–H groups in total. The highest BCUT2D eigenvalue weighted by Gasteiger charge is 2.04. The minimum Gasteiger partial charge on any atom is -0.492 e. The lowest BCUT2D eigenvalue weighted by molar-refractivity contribution is -0.110. The summed E-state index contributed by atoms with van der Waals surface area (Å²) in [6, 6.07) is 7.03. The summed E-state index contributed by atoms with van der Waals surface area (Å²) in [4.78, 5) is 11.1. The van der Waals surface area contributed by atoms with E-state index in [1.54, 1.807) is 24.3 Å². The van der Waals surface area contributed by atoms with Crippen LogP contribution in [0.15, 0.2) is 29.4 Å². The maximum absolute atomic E-state index is 11.1. The number of rotatable bonds is 4. The van der Waals surface area contributed by atoms with Gasteiger partial charge in [0, 0.05) is 0 Å². The van der Waals surface area contributed by atoms with Crippen LogP contribution >= 0.6 is 0 Å². The van der Waals surface area contributed by atoms with E-state index in [0.717, 1.165) is 6.21 Å². The second kappa shape index (κ2) is 5.64. The second-order valence-electron chi connectivity index (χ2n) is 2.66. The minimum atomic E-state index is -0.510. The summed E-state index contributed by atoms with van der Waals surface area (Å²) < 4.78 is 5.29. The van der Waals surface area contributed by atoms with Crippen molar-refractivity contribution in [3.8, 4) is 5.75 Å². The first kappa shape index (κ1) is 11.0. The zero-order valence-corrected chi connectivity index (χ0v) is 8.30. The fourth-order valence-corrected chi connectivity index (χ4v) is 1.07. The average Bonchev–Trinajstić information content (AvgIpc) is 2.21. The van der Waals surface area contributed by atoms with E-state index >= 15 is 0 Å². The third kappa shape index (κ3) is 3.30. The molecule has 5 nitrogen and oxygen atoms in total. The first-order valence-corrected chi connectivity index (χ1v) is 4.48. The van der Waals surface area contributed by atoms with Gasteiger partial charge < -0.3 is 15.3 Å². The number of benzene rings is 1. The Balaban J connectivity index is 2.79. The first-order valence-electron chi connectivity index (χ1n) is 4.48. The lowest BCUT2D eigenvalue weighted by atomic mass is 10.3.